The number of nitrogens with one attached hydrogen (secondary N) is 1. The largest absolute Gasteiger partial charge is 0.473 e. The fourth-order valence-corrected chi connectivity index (χ4v) is 4.71. The van der Waals surface area contributed by atoms with Crippen molar-refractivity contribution in [3.8, 4) is 5.88 Å². The number of halogens is 1. The van der Waals surface area contributed by atoms with E-state index in [9.17, 15) is 4.79 Å². The van der Waals surface area contributed by atoms with Crippen molar-refractivity contribution >= 4 is 56.0 Å². The second-order valence-corrected chi connectivity index (χ2v) is 8.19. The molecule has 8 heteroatoms. The highest BCUT2D eigenvalue weighted by Crippen LogP contribution is 2.28. The average Bonchev–Trinajstić information content (AvgIpc) is 3.24. The molecule has 5 nitrogen and oxygen atoms in total. The van der Waals surface area contributed by atoms with Gasteiger partial charge in [0.1, 0.15) is 6.10 Å². The predicted molar refractivity (Wildman–Crippen MR) is 103 cm³/mol. The highest BCUT2D eigenvalue weighted by molar-refractivity contribution is 7.99. The number of anilines is 1. The molecular weight excluding hydrogens is 378 g/mol. The topological polar surface area (TPSA) is 64.1 Å². The smallest absolute Gasteiger partial charge is 0.259 e. The summed E-state index contributed by atoms with van der Waals surface area (Å²) in [5.74, 6) is 2.42. The molecule has 0 aliphatic carbocycles. The van der Waals surface area contributed by atoms with Crippen LogP contribution in [-0.2, 0) is 0 Å². The Hall–Kier alpha value is -1.83. The summed E-state index contributed by atoms with van der Waals surface area (Å²) in [5, 5.41) is 3.98. The Balaban J connectivity index is 1.44. The van der Waals surface area contributed by atoms with Crippen molar-refractivity contribution in [1.29, 1.82) is 0 Å². The second kappa shape index (κ2) is 7.19. The molecule has 3 aromatic rings. The van der Waals surface area contributed by atoms with Crippen LogP contribution in [0.1, 0.15) is 16.8 Å². The van der Waals surface area contributed by atoms with Gasteiger partial charge in [0, 0.05) is 23.0 Å². The van der Waals surface area contributed by atoms with Crippen LogP contribution in [0.5, 0.6) is 5.88 Å². The van der Waals surface area contributed by atoms with E-state index in [2.05, 4.69) is 15.3 Å². The summed E-state index contributed by atoms with van der Waals surface area (Å²) in [6, 6.07) is 8.89. The first-order valence-electron chi connectivity index (χ1n) is 7.75. The SMILES string of the molecule is O=C(Nc1nc2ccc(Cl)cc2s1)c1ccc(O[C@H]2CCSC2)nc1. The molecule has 1 aliphatic rings. The number of ether oxygens (including phenoxy) is 1. The molecule has 0 radical (unpaired) electrons. The lowest BCUT2D eigenvalue weighted by atomic mass is 10.2. The van der Waals surface area contributed by atoms with Crippen molar-refractivity contribution < 1.29 is 9.53 Å². The van der Waals surface area contributed by atoms with E-state index in [0.29, 0.717) is 21.6 Å². The third-order valence-electron chi connectivity index (χ3n) is 3.74. The van der Waals surface area contributed by atoms with Crippen LogP contribution in [-0.4, -0.2) is 33.5 Å². The van der Waals surface area contributed by atoms with Gasteiger partial charge in [0.25, 0.3) is 5.91 Å². The molecule has 128 valence electrons. The van der Waals surface area contributed by atoms with Crippen LogP contribution < -0.4 is 10.1 Å². The van der Waals surface area contributed by atoms with E-state index in [1.807, 2.05) is 23.9 Å². The molecule has 1 amide bonds. The number of rotatable bonds is 4. The fourth-order valence-electron chi connectivity index (χ4n) is 2.48. The normalized spacial score (nSPS) is 16.9. The molecule has 1 N–H and O–H groups in total. The van der Waals surface area contributed by atoms with Gasteiger partial charge < -0.3 is 4.74 Å². The van der Waals surface area contributed by atoms with Gasteiger partial charge in [0.2, 0.25) is 5.88 Å². The van der Waals surface area contributed by atoms with Crippen LogP contribution in [0.2, 0.25) is 5.02 Å². The molecule has 1 atom stereocenters. The highest BCUT2D eigenvalue weighted by atomic mass is 35.5. The van der Waals surface area contributed by atoms with E-state index >= 15 is 0 Å². The van der Waals surface area contributed by atoms with E-state index in [1.165, 1.54) is 17.5 Å². The number of pyridine rings is 1. The maximum Gasteiger partial charge on any atom is 0.259 e. The lowest BCUT2D eigenvalue weighted by molar-refractivity contribution is 0.102. The molecule has 3 heterocycles. The molecule has 0 saturated carbocycles. The third kappa shape index (κ3) is 3.89. The molecule has 0 bridgehead atoms. The molecule has 1 aromatic carbocycles. The van der Waals surface area contributed by atoms with Crippen molar-refractivity contribution in [2.45, 2.75) is 12.5 Å². The van der Waals surface area contributed by atoms with Gasteiger partial charge in [-0.1, -0.05) is 22.9 Å². The summed E-state index contributed by atoms with van der Waals surface area (Å²) in [6.07, 6.45) is 2.78. The van der Waals surface area contributed by atoms with E-state index in [0.717, 1.165) is 28.1 Å². The number of hydrogen-bond acceptors (Lipinski definition) is 6. The van der Waals surface area contributed by atoms with E-state index < -0.39 is 0 Å². The molecule has 1 fully saturated rings. The lowest BCUT2D eigenvalue weighted by Crippen LogP contribution is -2.16. The minimum Gasteiger partial charge on any atom is -0.473 e. The number of benzene rings is 1. The Labute approximate surface area is 157 Å². The van der Waals surface area contributed by atoms with Crippen LogP contribution in [0, 0.1) is 0 Å². The molecular formula is C17H14ClN3O2S2. The summed E-state index contributed by atoms with van der Waals surface area (Å²) < 4.78 is 6.72. The number of carbonyl (C=O) groups is 1. The fraction of sp³-hybridized carbons (Fsp3) is 0.235. The van der Waals surface area contributed by atoms with Crippen molar-refractivity contribution in [2.24, 2.45) is 0 Å². The Morgan fingerprint density at radius 1 is 1.32 bits per heavy atom. The number of hydrogen-bond donors (Lipinski definition) is 1. The van der Waals surface area contributed by atoms with Crippen LogP contribution in [0.25, 0.3) is 10.2 Å². The Kier molecular flexibility index (Phi) is 4.78. The van der Waals surface area contributed by atoms with Crippen LogP contribution >= 0.6 is 34.7 Å². The van der Waals surface area contributed by atoms with Gasteiger partial charge >= 0.3 is 0 Å². The molecule has 25 heavy (non-hydrogen) atoms. The minimum absolute atomic E-state index is 0.215. The van der Waals surface area contributed by atoms with Crippen molar-refractivity contribution in [1.82, 2.24) is 9.97 Å². The first kappa shape index (κ1) is 16.6. The van der Waals surface area contributed by atoms with Gasteiger partial charge in [0.15, 0.2) is 5.13 Å². The minimum atomic E-state index is -0.249. The third-order valence-corrected chi connectivity index (χ3v) is 6.05. The maximum atomic E-state index is 12.4. The number of nitrogens with zero attached hydrogens (tertiary/aromatic N) is 2. The van der Waals surface area contributed by atoms with Crippen molar-refractivity contribution in [3.63, 3.8) is 0 Å². The zero-order valence-corrected chi connectivity index (χ0v) is 15.5. The van der Waals surface area contributed by atoms with Crippen LogP contribution in [0.3, 0.4) is 0 Å². The zero-order chi connectivity index (χ0) is 17.2. The zero-order valence-electron chi connectivity index (χ0n) is 13.1. The first-order valence-corrected chi connectivity index (χ1v) is 10.1. The van der Waals surface area contributed by atoms with Gasteiger partial charge in [0.05, 0.1) is 15.8 Å². The predicted octanol–water partition coefficient (Wildman–Crippen LogP) is 4.48. The number of carbonyl (C=O) groups excluding carboxylic acids is 1. The standard InChI is InChI=1S/C17H14ClN3O2S2/c18-11-2-3-13-14(7-11)25-17(20-13)21-16(22)10-1-4-15(19-8-10)23-12-5-6-24-9-12/h1-4,7-8,12H,5-6,9H2,(H,20,21,22)/t12-/m0/s1. The van der Waals surface area contributed by atoms with E-state index in [-0.39, 0.29) is 12.0 Å². The molecule has 0 unspecified atom stereocenters. The lowest BCUT2D eigenvalue weighted by Gasteiger charge is -2.11. The van der Waals surface area contributed by atoms with Gasteiger partial charge in [-0.15, -0.1) is 0 Å². The van der Waals surface area contributed by atoms with Gasteiger partial charge in [-0.3, -0.25) is 10.1 Å². The van der Waals surface area contributed by atoms with Crippen molar-refractivity contribution in [3.05, 3.63) is 47.1 Å². The maximum absolute atomic E-state index is 12.4. The Morgan fingerprint density at radius 2 is 2.24 bits per heavy atom. The van der Waals surface area contributed by atoms with Crippen molar-refractivity contribution in [2.75, 3.05) is 16.8 Å². The monoisotopic (exact) mass is 391 g/mol. The molecule has 2 aromatic heterocycles. The summed E-state index contributed by atoms with van der Waals surface area (Å²) in [5.41, 5.74) is 1.27. The van der Waals surface area contributed by atoms with Crippen LogP contribution in [0.15, 0.2) is 36.5 Å². The number of thioether (sulfide) groups is 1. The van der Waals surface area contributed by atoms with E-state index in [4.69, 9.17) is 16.3 Å². The molecule has 1 aliphatic heterocycles. The van der Waals surface area contributed by atoms with E-state index in [1.54, 1.807) is 18.2 Å². The number of amides is 1. The number of aromatic nitrogens is 2. The summed E-state index contributed by atoms with van der Waals surface area (Å²) in [6.45, 7) is 0. The number of fused-ring (bicyclic) bond motifs is 1. The first-order chi connectivity index (χ1) is 12.2. The summed E-state index contributed by atoms with van der Waals surface area (Å²) in [4.78, 5) is 21.0. The van der Waals surface area contributed by atoms with Gasteiger partial charge in [-0.05, 0) is 36.4 Å². The second-order valence-electron chi connectivity index (χ2n) is 5.57. The molecule has 1 saturated heterocycles. The Morgan fingerprint density at radius 3 is 3.00 bits per heavy atom. The Bertz CT molecular complexity index is 908. The van der Waals surface area contributed by atoms with Gasteiger partial charge in [-0.2, -0.15) is 11.8 Å². The number of thiazole rings is 1. The summed E-state index contributed by atoms with van der Waals surface area (Å²) >= 11 is 9.24. The quantitative estimate of drug-likeness (QED) is 0.710. The molecule has 0 spiro atoms. The molecule has 4 rings (SSSR count). The van der Waals surface area contributed by atoms with Gasteiger partial charge in [-0.25, -0.2) is 9.97 Å². The van der Waals surface area contributed by atoms with Crippen LogP contribution in [0.4, 0.5) is 5.13 Å². The highest BCUT2D eigenvalue weighted by Gasteiger charge is 2.18. The summed E-state index contributed by atoms with van der Waals surface area (Å²) in [7, 11) is 0. The average molecular weight is 392 g/mol.